The number of fused-ring (bicyclic) bond motifs is 1. The van der Waals surface area contributed by atoms with E-state index in [1.54, 1.807) is 39.5 Å². The number of nitrogens with zero attached hydrogens (tertiary/aromatic N) is 2. The lowest BCUT2D eigenvalue weighted by Crippen LogP contribution is -2.23. The van der Waals surface area contributed by atoms with Crippen molar-refractivity contribution in [3.05, 3.63) is 58.0 Å². The van der Waals surface area contributed by atoms with Crippen molar-refractivity contribution < 1.29 is 4.79 Å². The second-order valence-corrected chi connectivity index (χ2v) is 6.00. The van der Waals surface area contributed by atoms with Crippen molar-refractivity contribution in [1.29, 1.82) is 0 Å². The minimum atomic E-state index is -0.373. The minimum Gasteiger partial charge on any atom is -0.308 e. The van der Waals surface area contributed by atoms with E-state index < -0.39 is 0 Å². The third-order valence-electron chi connectivity index (χ3n) is 3.99. The summed E-state index contributed by atoms with van der Waals surface area (Å²) >= 11 is 5.91. The van der Waals surface area contributed by atoms with E-state index >= 15 is 0 Å². The molecule has 0 spiro atoms. The molecule has 2 aromatic carbocycles. The van der Waals surface area contributed by atoms with Crippen molar-refractivity contribution >= 4 is 40.0 Å². The Morgan fingerprint density at radius 3 is 2.24 bits per heavy atom. The molecule has 2 N–H and O–H groups in total. The summed E-state index contributed by atoms with van der Waals surface area (Å²) in [4.78, 5) is 24.5. The fourth-order valence-electron chi connectivity index (χ4n) is 2.87. The Morgan fingerprint density at radius 1 is 0.960 bits per heavy atom. The number of benzene rings is 2. The number of aryl methyl sites for hydroxylation is 2. The lowest BCUT2D eigenvalue weighted by molar-refractivity contribution is 0.262. The van der Waals surface area contributed by atoms with E-state index in [0.717, 1.165) is 11.0 Å². The second kappa shape index (κ2) is 7.03. The number of carbonyl (C=O) groups excluding carboxylic acids is 1. The van der Waals surface area contributed by atoms with Gasteiger partial charge in [-0.05, 0) is 50.2 Å². The molecule has 0 unspecified atom stereocenters. The fraction of sp³-hybridized carbons (Fsp3) is 0.222. The Labute approximate surface area is 150 Å². The van der Waals surface area contributed by atoms with Gasteiger partial charge in [-0.3, -0.25) is 9.13 Å². The number of anilines is 2. The maximum Gasteiger partial charge on any atom is 0.329 e. The summed E-state index contributed by atoms with van der Waals surface area (Å²) < 4.78 is 3.41. The number of carbonyl (C=O) groups is 1. The van der Waals surface area contributed by atoms with E-state index in [4.69, 9.17) is 11.6 Å². The van der Waals surface area contributed by atoms with Gasteiger partial charge in [0.15, 0.2) is 0 Å². The van der Waals surface area contributed by atoms with Crippen LogP contribution < -0.4 is 16.3 Å². The van der Waals surface area contributed by atoms with Crippen LogP contribution in [0, 0.1) is 0 Å². The van der Waals surface area contributed by atoms with Crippen LogP contribution in [0.5, 0.6) is 0 Å². The highest BCUT2D eigenvalue weighted by atomic mass is 35.5. The van der Waals surface area contributed by atoms with Gasteiger partial charge in [0.1, 0.15) is 0 Å². The number of rotatable bonds is 4. The molecule has 0 aliphatic rings. The van der Waals surface area contributed by atoms with Crippen LogP contribution in [0.25, 0.3) is 11.0 Å². The third kappa shape index (κ3) is 3.39. The summed E-state index contributed by atoms with van der Waals surface area (Å²) in [7, 11) is 0. The Morgan fingerprint density at radius 2 is 1.60 bits per heavy atom. The van der Waals surface area contributed by atoms with Crippen LogP contribution in [0.15, 0.2) is 47.3 Å². The molecule has 7 heteroatoms. The van der Waals surface area contributed by atoms with Crippen LogP contribution in [0.3, 0.4) is 0 Å². The van der Waals surface area contributed by atoms with Crippen molar-refractivity contribution in [3.8, 4) is 0 Å². The molecule has 2 amide bonds. The summed E-state index contributed by atoms with van der Waals surface area (Å²) in [5.41, 5.74) is 2.83. The van der Waals surface area contributed by atoms with E-state index in [0.29, 0.717) is 29.5 Å². The van der Waals surface area contributed by atoms with Gasteiger partial charge >= 0.3 is 11.7 Å². The predicted molar refractivity (Wildman–Crippen MR) is 102 cm³/mol. The average Bonchev–Trinajstić information content (AvgIpc) is 2.84. The highest BCUT2D eigenvalue weighted by molar-refractivity contribution is 6.30. The molecule has 0 atom stereocenters. The van der Waals surface area contributed by atoms with Crippen LogP contribution in [0.2, 0.25) is 5.02 Å². The SMILES string of the molecule is CCn1c(=O)n(CC)c2cc(NC(=O)Nc3cccc(Cl)c3)ccc21. The van der Waals surface area contributed by atoms with Crippen molar-refractivity contribution in [2.75, 3.05) is 10.6 Å². The van der Waals surface area contributed by atoms with Crippen LogP contribution in [-0.4, -0.2) is 15.2 Å². The molecule has 25 heavy (non-hydrogen) atoms. The molecule has 1 aromatic heterocycles. The number of hydrogen-bond acceptors (Lipinski definition) is 2. The van der Waals surface area contributed by atoms with E-state index in [1.807, 2.05) is 26.0 Å². The molecule has 0 bridgehead atoms. The van der Waals surface area contributed by atoms with Crippen LogP contribution in [0.4, 0.5) is 16.2 Å². The number of imidazole rings is 1. The summed E-state index contributed by atoms with van der Waals surface area (Å²) in [6.45, 7) is 5.03. The number of hydrogen-bond donors (Lipinski definition) is 2. The van der Waals surface area contributed by atoms with Crippen LogP contribution in [0.1, 0.15) is 13.8 Å². The van der Waals surface area contributed by atoms with Crippen molar-refractivity contribution in [3.63, 3.8) is 0 Å². The van der Waals surface area contributed by atoms with Crippen LogP contribution >= 0.6 is 11.6 Å². The highest BCUT2D eigenvalue weighted by Crippen LogP contribution is 2.20. The topological polar surface area (TPSA) is 68.1 Å². The summed E-state index contributed by atoms with van der Waals surface area (Å²) in [5.74, 6) is 0. The van der Waals surface area contributed by atoms with Crippen LogP contribution in [-0.2, 0) is 13.1 Å². The normalized spacial score (nSPS) is 10.8. The zero-order valence-electron chi connectivity index (χ0n) is 14.0. The molecule has 1 heterocycles. The highest BCUT2D eigenvalue weighted by Gasteiger charge is 2.12. The Hall–Kier alpha value is -2.73. The molecule has 0 saturated heterocycles. The standard InChI is InChI=1S/C18H19ClN4O2/c1-3-22-15-9-8-14(11-16(15)23(4-2)18(22)25)21-17(24)20-13-7-5-6-12(19)10-13/h5-11H,3-4H2,1-2H3,(H2,20,21,24). The number of amides is 2. The fourth-order valence-corrected chi connectivity index (χ4v) is 3.06. The van der Waals surface area contributed by atoms with Crippen molar-refractivity contribution in [2.45, 2.75) is 26.9 Å². The smallest absolute Gasteiger partial charge is 0.308 e. The van der Waals surface area contributed by atoms with Gasteiger partial charge in [0.2, 0.25) is 0 Å². The average molecular weight is 359 g/mol. The van der Waals surface area contributed by atoms with Gasteiger partial charge < -0.3 is 10.6 Å². The van der Waals surface area contributed by atoms with Gasteiger partial charge in [-0.1, -0.05) is 17.7 Å². The number of urea groups is 1. The quantitative estimate of drug-likeness (QED) is 0.736. The predicted octanol–water partition coefficient (Wildman–Crippen LogP) is 4.14. The molecule has 0 radical (unpaired) electrons. The lowest BCUT2D eigenvalue weighted by Gasteiger charge is -2.09. The Balaban J connectivity index is 1.87. The first kappa shape index (κ1) is 17.1. The number of nitrogens with one attached hydrogen (secondary N) is 2. The van der Waals surface area contributed by atoms with Gasteiger partial charge in [-0.15, -0.1) is 0 Å². The molecule has 130 valence electrons. The Kier molecular flexibility index (Phi) is 4.81. The molecule has 0 aliphatic carbocycles. The summed E-state index contributed by atoms with van der Waals surface area (Å²) in [6.07, 6.45) is 0. The van der Waals surface area contributed by atoms with E-state index in [1.165, 1.54) is 0 Å². The molecule has 6 nitrogen and oxygen atoms in total. The third-order valence-corrected chi connectivity index (χ3v) is 4.23. The summed E-state index contributed by atoms with van der Waals surface area (Å²) in [6, 6.07) is 12.0. The van der Waals surface area contributed by atoms with Gasteiger partial charge in [0.25, 0.3) is 0 Å². The molecule has 0 aliphatic heterocycles. The first-order valence-corrected chi connectivity index (χ1v) is 8.48. The van der Waals surface area contributed by atoms with E-state index in [-0.39, 0.29) is 11.7 Å². The molecular formula is C18H19ClN4O2. The van der Waals surface area contributed by atoms with E-state index in [9.17, 15) is 9.59 Å². The van der Waals surface area contributed by atoms with Gasteiger partial charge in [0.05, 0.1) is 11.0 Å². The van der Waals surface area contributed by atoms with Crippen molar-refractivity contribution in [2.24, 2.45) is 0 Å². The van der Waals surface area contributed by atoms with E-state index in [2.05, 4.69) is 10.6 Å². The monoisotopic (exact) mass is 358 g/mol. The first-order valence-electron chi connectivity index (χ1n) is 8.10. The zero-order valence-corrected chi connectivity index (χ0v) is 14.8. The van der Waals surface area contributed by atoms with Crippen molar-refractivity contribution in [1.82, 2.24) is 9.13 Å². The first-order chi connectivity index (χ1) is 12.0. The molecule has 3 rings (SSSR count). The number of halogens is 1. The maximum atomic E-state index is 12.4. The lowest BCUT2D eigenvalue weighted by atomic mass is 10.2. The van der Waals surface area contributed by atoms with Gasteiger partial charge in [-0.2, -0.15) is 0 Å². The summed E-state index contributed by atoms with van der Waals surface area (Å²) in [5, 5.41) is 6.06. The minimum absolute atomic E-state index is 0.0412. The Bertz CT molecular complexity index is 990. The largest absolute Gasteiger partial charge is 0.329 e. The molecule has 0 saturated carbocycles. The van der Waals surface area contributed by atoms with Gasteiger partial charge in [0, 0.05) is 29.5 Å². The molecule has 3 aromatic rings. The molecule has 0 fully saturated rings. The molecular weight excluding hydrogens is 340 g/mol. The number of aromatic nitrogens is 2. The zero-order chi connectivity index (χ0) is 18.0. The van der Waals surface area contributed by atoms with Gasteiger partial charge in [-0.25, -0.2) is 9.59 Å². The maximum absolute atomic E-state index is 12.4. The second-order valence-electron chi connectivity index (χ2n) is 5.56.